The van der Waals surface area contributed by atoms with Gasteiger partial charge in [-0.1, -0.05) is 0 Å². The topological polar surface area (TPSA) is 141 Å². The number of rotatable bonds is 6. The number of nitrogen functional groups attached to an aromatic ring is 1. The van der Waals surface area contributed by atoms with E-state index in [-0.39, 0.29) is 0 Å². The molecular weight excluding hydrogens is 546 g/mol. The summed E-state index contributed by atoms with van der Waals surface area (Å²) in [6.07, 6.45) is 7.16. The Morgan fingerprint density at radius 2 is 1.84 bits per heavy atom. The Bertz CT molecular complexity index is 1670. The minimum atomic E-state index is -1.12. The molecule has 2 aromatic heterocycles. The third-order valence-corrected chi connectivity index (χ3v) is 8.83. The lowest BCUT2D eigenvalue weighted by Gasteiger charge is -2.41. The monoisotopic (exact) mass is 583 g/mol. The fourth-order valence-corrected chi connectivity index (χ4v) is 6.45. The number of anilines is 2. The van der Waals surface area contributed by atoms with E-state index in [2.05, 4.69) is 36.3 Å². The Morgan fingerprint density at radius 3 is 2.63 bits per heavy atom. The van der Waals surface area contributed by atoms with Gasteiger partial charge in [-0.15, -0.1) is 0 Å². The summed E-state index contributed by atoms with van der Waals surface area (Å²) >= 11 is 0. The maximum atomic E-state index is 7.16. The van der Waals surface area contributed by atoms with Crippen molar-refractivity contribution in [3.8, 4) is 17.2 Å². The van der Waals surface area contributed by atoms with Crippen LogP contribution in [0.25, 0.3) is 5.65 Å². The number of aryl methyl sites for hydroxylation is 1. The number of aromatic nitrogens is 3. The molecular formula is C31H37N9O3. The Balaban J connectivity index is 1.16. The zero-order chi connectivity index (χ0) is 29.6. The van der Waals surface area contributed by atoms with Crippen molar-refractivity contribution < 1.29 is 14.2 Å². The molecule has 7 rings (SSSR count). The van der Waals surface area contributed by atoms with E-state index in [9.17, 15) is 0 Å². The highest BCUT2D eigenvalue weighted by Crippen LogP contribution is 2.44. The number of nitrogens with two attached hydrogens (primary N) is 2. The molecule has 12 nitrogen and oxygen atoms in total. The van der Waals surface area contributed by atoms with Crippen LogP contribution in [0.15, 0.2) is 53.9 Å². The van der Waals surface area contributed by atoms with E-state index >= 15 is 0 Å². The number of methoxy groups -OCH3 is 1. The van der Waals surface area contributed by atoms with E-state index in [1.807, 2.05) is 37.3 Å². The van der Waals surface area contributed by atoms with Crippen molar-refractivity contribution in [3.63, 3.8) is 0 Å². The van der Waals surface area contributed by atoms with Gasteiger partial charge in [-0.25, -0.2) is 14.5 Å². The SMILES string of the molecule is COc1cc(Oc2ccn3ncnc3c2)c(C)cc1C1(N)NC=Nc2cc(N3CCC(N4CCOCC4)CC3)c(N)cc21. The van der Waals surface area contributed by atoms with Crippen molar-refractivity contribution in [1.82, 2.24) is 24.8 Å². The highest BCUT2D eigenvalue weighted by molar-refractivity contribution is 5.81. The van der Waals surface area contributed by atoms with Crippen LogP contribution in [0.4, 0.5) is 17.1 Å². The first-order valence-electron chi connectivity index (χ1n) is 14.7. The molecule has 0 saturated carbocycles. The first-order chi connectivity index (χ1) is 20.9. The molecule has 1 unspecified atom stereocenters. The molecule has 0 spiro atoms. The number of ether oxygens (including phenoxy) is 3. The number of aliphatic imine (C=N–C) groups is 1. The number of morpholine rings is 1. The van der Waals surface area contributed by atoms with Crippen molar-refractivity contribution in [3.05, 3.63) is 65.6 Å². The largest absolute Gasteiger partial charge is 0.496 e. The number of fused-ring (bicyclic) bond motifs is 2. The van der Waals surface area contributed by atoms with E-state index in [1.54, 1.807) is 24.2 Å². The van der Waals surface area contributed by atoms with Gasteiger partial charge in [0.2, 0.25) is 0 Å². The molecule has 224 valence electrons. The molecule has 5 N–H and O–H groups in total. The van der Waals surface area contributed by atoms with Crippen LogP contribution in [0.3, 0.4) is 0 Å². The zero-order valence-electron chi connectivity index (χ0n) is 24.5. The summed E-state index contributed by atoms with van der Waals surface area (Å²) in [4.78, 5) is 13.8. The molecule has 0 radical (unpaired) electrons. The third-order valence-electron chi connectivity index (χ3n) is 8.83. The first-order valence-corrected chi connectivity index (χ1v) is 14.7. The lowest BCUT2D eigenvalue weighted by atomic mass is 9.87. The summed E-state index contributed by atoms with van der Waals surface area (Å²) in [5, 5.41) is 7.43. The molecule has 2 fully saturated rings. The quantitative estimate of drug-likeness (QED) is 0.290. The molecule has 0 amide bonds. The number of piperidine rings is 1. The highest BCUT2D eigenvalue weighted by atomic mass is 16.5. The third kappa shape index (κ3) is 5.01. The van der Waals surface area contributed by atoms with E-state index in [0.717, 1.165) is 80.3 Å². The molecule has 0 aliphatic carbocycles. The number of nitrogens with zero attached hydrogens (tertiary/aromatic N) is 6. The summed E-state index contributed by atoms with van der Waals surface area (Å²) in [6, 6.07) is 12.1. The lowest BCUT2D eigenvalue weighted by Crippen LogP contribution is -2.52. The van der Waals surface area contributed by atoms with E-state index in [0.29, 0.717) is 34.6 Å². The van der Waals surface area contributed by atoms with Crippen LogP contribution in [-0.4, -0.2) is 78.4 Å². The molecule has 3 aliphatic heterocycles. The van der Waals surface area contributed by atoms with Gasteiger partial charge in [0.15, 0.2) is 5.65 Å². The fraction of sp³-hybridized carbons (Fsp3) is 0.387. The van der Waals surface area contributed by atoms with E-state index in [4.69, 9.17) is 25.7 Å². The van der Waals surface area contributed by atoms with E-state index in [1.165, 1.54) is 6.33 Å². The van der Waals surface area contributed by atoms with Crippen LogP contribution in [0.5, 0.6) is 17.2 Å². The van der Waals surface area contributed by atoms with Crippen LogP contribution in [-0.2, 0) is 10.4 Å². The minimum Gasteiger partial charge on any atom is -0.496 e. The molecule has 2 aromatic carbocycles. The Labute approximate surface area is 250 Å². The highest BCUT2D eigenvalue weighted by Gasteiger charge is 2.38. The van der Waals surface area contributed by atoms with Gasteiger partial charge < -0.3 is 35.9 Å². The van der Waals surface area contributed by atoms with Gasteiger partial charge in [0.25, 0.3) is 0 Å². The molecule has 4 aromatic rings. The van der Waals surface area contributed by atoms with Crippen molar-refractivity contribution in [1.29, 1.82) is 0 Å². The first kappa shape index (κ1) is 27.4. The van der Waals surface area contributed by atoms with Crippen LogP contribution in [0, 0.1) is 6.92 Å². The Kier molecular flexibility index (Phi) is 7.04. The average molecular weight is 584 g/mol. The smallest absolute Gasteiger partial charge is 0.158 e. The van der Waals surface area contributed by atoms with Crippen molar-refractivity contribution in [2.24, 2.45) is 10.7 Å². The van der Waals surface area contributed by atoms with Gasteiger partial charge in [-0.05, 0) is 49.6 Å². The van der Waals surface area contributed by atoms with Gasteiger partial charge in [0.1, 0.15) is 29.2 Å². The molecule has 1 atom stereocenters. The predicted octanol–water partition coefficient (Wildman–Crippen LogP) is 3.14. The summed E-state index contributed by atoms with van der Waals surface area (Å²) in [5.41, 5.74) is 18.3. The number of hydrogen-bond donors (Lipinski definition) is 3. The average Bonchev–Trinajstić information content (AvgIpc) is 3.51. The number of pyridine rings is 1. The van der Waals surface area contributed by atoms with E-state index < -0.39 is 5.66 Å². The second kappa shape index (κ2) is 11.0. The molecule has 3 aliphatic rings. The van der Waals surface area contributed by atoms with Gasteiger partial charge in [0.05, 0.1) is 43.7 Å². The predicted molar refractivity (Wildman–Crippen MR) is 166 cm³/mol. The molecule has 12 heteroatoms. The Morgan fingerprint density at radius 1 is 1.02 bits per heavy atom. The van der Waals surface area contributed by atoms with Crippen LogP contribution in [0.1, 0.15) is 29.5 Å². The van der Waals surface area contributed by atoms with Gasteiger partial charge >= 0.3 is 0 Å². The normalized spacial score (nSPS) is 21.0. The lowest BCUT2D eigenvalue weighted by molar-refractivity contribution is 0.0115. The maximum Gasteiger partial charge on any atom is 0.158 e. The van der Waals surface area contributed by atoms with Gasteiger partial charge in [-0.2, -0.15) is 5.10 Å². The maximum absolute atomic E-state index is 7.16. The summed E-state index contributed by atoms with van der Waals surface area (Å²) in [7, 11) is 1.62. The molecule has 2 saturated heterocycles. The molecule has 5 heterocycles. The van der Waals surface area contributed by atoms with Gasteiger partial charge in [0, 0.05) is 61.7 Å². The molecule has 0 bridgehead atoms. The van der Waals surface area contributed by atoms with Crippen molar-refractivity contribution >= 4 is 29.0 Å². The van der Waals surface area contributed by atoms with Crippen LogP contribution in [0.2, 0.25) is 0 Å². The summed E-state index contributed by atoms with van der Waals surface area (Å²) < 4.78 is 19.3. The van der Waals surface area contributed by atoms with Crippen molar-refractivity contribution in [2.45, 2.75) is 31.5 Å². The standard InChI is InChI=1S/C31H37N9O3/c1-20-13-24(29(41-2)17-28(20)43-22-5-8-40-30(14-22)35-19-37-40)31(33)23-15-25(32)27(16-26(23)34-18-36-31)39-6-3-21(4-7-39)38-9-11-42-12-10-38/h5,8,13-19,21H,3-4,6-7,9-12,32-33H2,1-2H3,(H,34,36). The van der Waals surface area contributed by atoms with Crippen LogP contribution >= 0.6 is 0 Å². The minimum absolute atomic E-state index is 0.577. The van der Waals surface area contributed by atoms with Crippen LogP contribution < -0.4 is 31.2 Å². The Hall–Kier alpha value is -4.39. The number of hydrogen-bond acceptors (Lipinski definition) is 11. The summed E-state index contributed by atoms with van der Waals surface area (Å²) in [5.74, 6) is 1.87. The fourth-order valence-electron chi connectivity index (χ4n) is 6.45. The summed E-state index contributed by atoms with van der Waals surface area (Å²) in [6.45, 7) is 7.55. The molecule has 43 heavy (non-hydrogen) atoms. The zero-order valence-corrected chi connectivity index (χ0v) is 24.5. The number of nitrogens with one attached hydrogen (secondary N) is 1. The number of benzene rings is 2. The van der Waals surface area contributed by atoms with Crippen molar-refractivity contribution in [2.75, 3.05) is 57.1 Å². The second-order valence-corrected chi connectivity index (χ2v) is 11.4. The van der Waals surface area contributed by atoms with Gasteiger partial charge in [-0.3, -0.25) is 4.90 Å². The second-order valence-electron chi connectivity index (χ2n) is 11.4.